The summed E-state index contributed by atoms with van der Waals surface area (Å²) < 4.78 is 1.06. The van der Waals surface area contributed by atoms with Crippen LogP contribution in [-0.4, -0.2) is 9.97 Å². The molecule has 0 radical (unpaired) electrons. The number of aryl methyl sites for hydroxylation is 2. The summed E-state index contributed by atoms with van der Waals surface area (Å²) in [5.41, 5.74) is 3.40. The minimum absolute atomic E-state index is 0.727. The van der Waals surface area contributed by atoms with Gasteiger partial charge in [0.15, 0.2) is 0 Å². The van der Waals surface area contributed by atoms with E-state index in [4.69, 9.17) is 0 Å². The maximum Gasteiger partial charge on any atom is 0.136 e. The second-order valence-corrected chi connectivity index (χ2v) is 6.52. The zero-order valence-corrected chi connectivity index (χ0v) is 15.3. The number of aromatic nitrogens is 2. The number of rotatable bonds is 5. The van der Waals surface area contributed by atoms with E-state index in [1.807, 2.05) is 43.3 Å². The van der Waals surface area contributed by atoms with E-state index in [2.05, 4.69) is 61.7 Å². The lowest BCUT2D eigenvalue weighted by Gasteiger charge is -2.12. The first-order chi connectivity index (χ1) is 11.6. The molecule has 1 heterocycles. The Morgan fingerprint density at radius 2 is 1.67 bits per heavy atom. The third-order valence-electron chi connectivity index (χ3n) is 3.61. The summed E-state index contributed by atoms with van der Waals surface area (Å²) in [4.78, 5) is 8.93. The molecule has 122 valence electrons. The summed E-state index contributed by atoms with van der Waals surface area (Å²) in [5.74, 6) is 2.32. The molecule has 0 fully saturated rings. The molecule has 5 heteroatoms. The van der Waals surface area contributed by atoms with Gasteiger partial charge in [-0.25, -0.2) is 9.97 Å². The van der Waals surface area contributed by atoms with Crippen molar-refractivity contribution in [1.82, 2.24) is 9.97 Å². The lowest BCUT2D eigenvalue weighted by molar-refractivity contribution is 1.02. The average Bonchev–Trinajstić information content (AvgIpc) is 2.56. The fraction of sp³-hybridized carbons (Fsp3) is 0.158. The Balaban J connectivity index is 1.76. The first kappa shape index (κ1) is 16.5. The second kappa shape index (κ2) is 7.45. The van der Waals surface area contributed by atoms with Crippen LogP contribution in [0.15, 0.2) is 59.1 Å². The molecule has 0 unspecified atom stereocenters. The molecule has 0 atom stereocenters. The zero-order valence-electron chi connectivity index (χ0n) is 13.7. The average molecular weight is 383 g/mol. The number of hydrogen-bond donors (Lipinski definition) is 2. The largest absolute Gasteiger partial charge is 0.366 e. The Morgan fingerprint density at radius 3 is 2.42 bits per heavy atom. The Hall–Kier alpha value is -2.40. The fourth-order valence-corrected chi connectivity index (χ4v) is 2.89. The van der Waals surface area contributed by atoms with Crippen LogP contribution in [0.5, 0.6) is 0 Å². The molecule has 0 bridgehead atoms. The third-order valence-corrected chi connectivity index (χ3v) is 4.10. The highest BCUT2D eigenvalue weighted by molar-refractivity contribution is 9.10. The highest BCUT2D eigenvalue weighted by Gasteiger charge is 2.05. The number of anilines is 3. The summed E-state index contributed by atoms with van der Waals surface area (Å²) in [6, 6.07) is 18.3. The van der Waals surface area contributed by atoms with Crippen LogP contribution < -0.4 is 10.6 Å². The van der Waals surface area contributed by atoms with Gasteiger partial charge < -0.3 is 10.6 Å². The van der Waals surface area contributed by atoms with Gasteiger partial charge >= 0.3 is 0 Å². The predicted molar refractivity (Wildman–Crippen MR) is 103 cm³/mol. The smallest absolute Gasteiger partial charge is 0.136 e. The van der Waals surface area contributed by atoms with E-state index < -0.39 is 0 Å². The third kappa shape index (κ3) is 4.32. The van der Waals surface area contributed by atoms with Gasteiger partial charge in [0.1, 0.15) is 17.5 Å². The molecule has 3 aromatic rings. The predicted octanol–water partition coefficient (Wildman–Crippen LogP) is 5.21. The van der Waals surface area contributed by atoms with Crippen molar-refractivity contribution in [2.45, 2.75) is 20.4 Å². The number of nitrogens with one attached hydrogen (secondary N) is 2. The van der Waals surface area contributed by atoms with Crippen molar-refractivity contribution in [3.8, 4) is 0 Å². The standard InChI is InChI=1S/C19H19BrN4/c1-13-10-16(20)8-9-17(13)24-19-11-18(22-14(2)23-19)21-12-15-6-4-3-5-7-15/h3-11H,12H2,1-2H3,(H2,21,22,23,24). The van der Waals surface area contributed by atoms with E-state index in [9.17, 15) is 0 Å². The van der Waals surface area contributed by atoms with Crippen LogP contribution in [0.4, 0.5) is 17.3 Å². The molecule has 24 heavy (non-hydrogen) atoms. The van der Waals surface area contributed by atoms with Crippen molar-refractivity contribution >= 4 is 33.3 Å². The van der Waals surface area contributed by atoms with E-state index in [1.54, 1.807) is 0 Å². The van der Waals surface area contributed by atoms with Gasteiger partial charge in [0.2, 0.25) is 0 Å². The molecule has 1 aromatic heterocycles. The van der Waals surface area contributed by atoms with Crippen LogP contribution >= 0.6 is 15.9 Å². The Bertz CT molecular complexity index is 834. The lowest BCUT2D eigenvalue weighted by atomic mass is 10.2. The summed E-state index contributed by atoms with van der Waals surface area (Å²) in [5, 5.41) is 6.72. The van der Waals surface area contributed by atoms with Crippen molar-refractivity contribution in [2.75, 3.05) is 10.6 Å². The van der Waals surface area contributed by atoms with Crippen LogP contribution in [0.2, 0.25) is 0 Å². The Labute approximate surface area is 150 Å². The normalized spacial score (nSPS) is 10.5. The first-order valence-electron chi connectivity index (χ1n) is 7.77. The van der Waals surface area contributed by atoms with E-state index in [0.717, 1.165) is 39.7 Å². The number of halogens is 1. The molecule has 0 aliphatic heterocycles. The number of benzene rings is 2. The molecular formula is C19H19BrN4. The molecule has 2 N–H and O–H groups in total. The molecule has 0 amide bonds. The maximum absolute atomic E-state index is 4.47. The van der Waals surface area contributed by atoms with Crippen molar-refractivity contribution in [1.29, 1.82) is 0 Å². The lowest BCUT2D eigenvalue weighted by Crippen LogP contribution is -2.05. The van der Waals surface area contributed by atoms with Crippen molar-refractivity contribution in [3.05, 3.63) is 76.0 Å². The van der Waals surface area contributed by atoms with Gasteiger partial charge in [-0.1, -0.05) is 46.3 Å². The van der Waals surface area contributed by atoms with Crippen molar-refractivity contribution < 1.29 is 0 Å². The van der Waals surface area contributed by atoms with Gasteiger partial charge in [0, 0.05) is 22.8 Å². The van der Waals surface area contributed by atoms with Gasteiger partial charge in [-0.15, -0.1) is 0 Å². The quantitative estimate of drug-likeness (QED) is 0.635. The Kier molecular flexibility index (Phi) is 5.11. The Morgan fingerprint density at radius 1 is 0.917 bits per heavy atom. The molecule has 0 saturated carbocycles. The number of nitrogens with zero attached hydrogens (tertiary/aromatic N) is 2. The summed E-state index contributed by atoms with van der Waals surface area (Å²) in [6.07, 6.45) is 0. The highest BCUT2D eigenvalue weighted by Crippen LogP contribution is 2.24. The minimum Gasteiger partial charge on any atom is -0.366 e. The second-order valence-electron chi connectivity index (χ2n) is 5.61. The molecule has 0 aliphatic rings. The summed E-state index contributed by atoms with van der Waals surface area (Å²) >= 11 is 3.48. The molecule has 0 saturated heterocycles. The molecule has 4 nitrogen and oxygen atoms in total. The van der Waals surface area contributed by atoms with E-state index >= 15 is 0 Å². The van der Waals surface area contributed by atoms with E-state index in [1.165, 1.54) is 5.56 Å². The molecule has 2 aromatic carbocycles. The monoisotopic (exact) mass is 382 g/mol. The van der Waals surface area contributed by atoms with E-state index in [-0.39, 0.29) is 0 Å². The molecule has 0 aliphatic carbocycles. The highest BCUT2D eigenvalue weighted by atomic mass is 79.9. The minimum atomic E-state index is 0.727. The molecular weight excluding hydrogens is 364 g/mol. The first-order valence-corrected chi connectivity index (χ1v) is 8.56. The van der Waals surface area contributed by atoms with E-state index in [0.29, 0.717) is 0 Å². The fourth-order valence-electron chi connectivity index (χ4n) is 2.42. The molecule has 0 spiro atoms. The van der Waals surface area contributed by atoms with Crippen LogP contribution in [0, 0.1) is 13.8 Å². The topological polar surface area (TPSA) is 49.8 Å². The van der Waals surface area contributed by atoms with Crippen LogP contribution in [-0.2, 0) is 6.54 Å². The van der Waals surface area contributed by atoms with Crippen molar-refractivity contribution in [2.24, 2.45) is 0 Å². The number of hydrogen-bond acceptors (Lipinski definition) is 4. The van der Waals surface area contributed by atoms with Crippen LogP contribution in [0.1, 0.15) is 17.0 Å². The van der Waals surface area contributed by atoms with Gasteiger partial charge in [0.05, 0.1) is 0 Å². The zero-order chi connectivity index (χ0) is 16.9. The summed E-state index contributed by atoms with van der Waals surface area (Å²) in [7, 11) is 0. The van der Waals surface area contributed by atoms with Gasteiger partial charge in [0.25, 0.3) is 0 Å². The summed E-state index contributed by atoms with van der Waals surface area (Å²) in [6.45, 7) is 4.69. The van der Waals surface area contributed by atoms with Crippen LogP contribution in [0.3, 0.4) is 0 Å². The van der Waals surface area contributed by atoms with Crippen molar-refractivity contribution in [3.63, 3.8) is 0 Å². The SMILES string of the molecule is Cc1nc(NCc2ccccc2)cc(Nc2ccc(Br)cc2C)n1. The van der Waals surface area contributed by atoms with Gasteiger partial charge in [-0.2, -0.15) is 0 Å². The van der Waals surface area contributed by atoms with Gasteiger partial charge in [-0.05, 0) is 43.2 Å². The van der Waals surface area contributed by atoms with Crippen LogP contribution in [0.25, 0.3) is 0 Å². The molecule has 3 rings (SSSR count). The maximum atomic E-state index is 4.47. The van der Waals surface area contributed by atoms with Gasteiger partial charge in [-0.3, -0.25) is 0 Å².